The van der Waals surface area contributed by atoms with Crippen molar-refractivity contribution in [2.75, 3.05) is 27.2 Å². The van der Waals surface area contributed by atoms with Crippen LogP contribution in [0.4, 0.5) is 4.79 Å². The van der Waals surface area contributed by atoms with E-state index in [1.54, 1.807) is 25.4 Å². The summed E-state index contributed by atoms with van der Waals surface area (Å²) in [5.74, 6) is 0. The number of carbonyl (C=O) groups is 1. The van der Waals surface area contributed by atoms with E-state index in [1.165, 1.54) is 4.90 Å². The molecule has 0 aliphatic carbocycles. The molecule has 1 heterocycles. The number of urea groups is 1. The molecule has 0 unspecified atom stereocenters. The first kappa shape index (κ1) is 13.0. The van der Waals surface area contributed by atoms with E-state index in [-0.39, 0.29) is 6.54 Å². The maximum Gasteiger partial charge on any atom is 0.343 e. The summed E-state index contributed by atoms with van der Waals surface area (Å²) in [5, 5.41) is 11.9. The summed E-state index contributed by atoms with van der Waals surface area (Å²) in [6.45, 7) is 0.998. The van der Waals surface area contributed by atoms with Gasteiger partial charge in [-0.2, -0.15) is 0 Å². The van der Waals surface area contributed by atoms with Crippen LogP contribution in [0.1, 0.15) is 4.88 Å². The molecule has 0 saturated carbocycles. The van der Waals surface area contributed by atoms with Crippen LogP contribution in [0.15, 0.2) is 17.5 Å². The third kappa shape index (κ3) is 4.18. The van der Waals surface area contributed by atoms with Crippen molar-refractivity contribution in [1.82, 2.24) is 9.96 Å². The van der Waals surface area contributed by atoms with Gasteiger partial charge in [0.1, 0.15) is 0 Å². The molecule has 1 aromatic rings. The van der Waals surface area contributed by atoms with Crippen molar-refractivity contribution in [3.05, 3.63) is 22.4 Å². The highest BCUT2D eigenvalue weighted by Crippen LogP contribution is 2.09. The maximum atomic E-state index is 11.2. The average molecular weight is 244 g/mol. The Morgan fingerprint density at radius 1 is 1.56 bits per heavy atom. The Labute approximate surface area is 98.8 Å². The van der Waals surface area contributed by atoms with E-state index >= 15 is 0 Å². The third-order valence-electron chi connectivity index (χ3n) is 1.88. The number of amides is 2. The molecule has 0 fully saturated rings. The molecular formula is C10H16N2O3S. The summed E-state index contributed by atoms with van der Waals surface area (Å²) in [7, 11) is 3.16. The van der Waals surface area contributed by atoms with Crippen LogP contribution in [-0.2, 0) is 11.3 Å². The fourth-order valence-electron chi connectivity index (χ4n) is 1.04. The van der Waals surface area contributed by atoms with Gasteiger partial charge in [-0.15, -0.1) is 11.3 Å². The van der Waals surface area contributed by atoms with Crippen molar-refractivity contribution in [1.29, 1.82) is 0 Å². The van der Waals surface area contributed by atoms with Gasteiger partial charge in [-0.05, 0) is 11.4 Å². The summed E-state index contributed by atoms with van der Waals surface area (Å²) in [4.78, 5) is 13.6. The van der Waals surface area contributed by atoms with Crippen LogP contribution >= 0.6 is 11.3 Å². The number of hydrogen-bond donors (Lipinski definition) is 1. The maximum absolute atomic E-state index is 11.2. The summed E-state index contributed by atoms with van der Waals surface area (Å²) < 4.78 is 5.32. The van der Waals surface area contributed by atoms with Crippen LogP contribution in [0.25, 0.3) is 0 Å². The Kier molecular flexibility index (Phi) is 5.24. The van der Waals surface area contributed by atoms with Crippen molar-refractivity contribution in [2.45, 2.75) is 6.61 Å². The molecule has 2 amide bonds. The number of rotatable bonds is 5. The first-order chi connectivity index (χ1) is 7.61. The van der Waals surface area contributed by atoms with Crippen LogP contribution in [0.5, 0.6) is 0 Å². The standard InChI is InChI=1S/C10H16N2O3S/c1-11(2)10(13)12(14)5-6-15-8-9-4-3-7-16-9/h3-4,7,14H,5-6,8H2,1-2H3. The minimum Gasteiger partial charge on any atom is -0.374 e. The second kappa shape index (κ2) is 6.47. The molecule has 1 rings (SSSR count). The molecule has 0 aromatic carbocycles. The molecule has 0 saturated heterocycles. The predicted molar refractivity (Wildman–Crippen MR) is 61.6 cm³/mol. The highest BCUT2D eigenvalue weighted by Gasteiger charge is 2.11. The van der Waals surface area contributed by atoms with E-state index in [9.17, 15) is 10.0 Å². The van der Waals surface area contributed by atoms with Gasteiger partial charge in [0, 0.05) is 19.0 Å². The van der Waals surface area contributed by atoms with E-state index < -0.39 is 6.03 Å². The lowest BCUT2D eigenvalue weighted by Gasteiger charge is -2.19. The monoisotopic (exact) mass is 244 g/mol. The van der Waals surface area contributed by atoms with Crippen molar-refractivity contribution in [2.24, 2.45) is 0 Å². The Morgan fingerprint density at radius 3 is 2.88 bits per heavy atom. The summed E-state index contributed by atoms with van der Waals surface area (Å²) in [6, 6.07) is 3.49. The van der Waals surface area contributed by atoms with Gasteiger partial charge in [0.25, 0.3) is 0 Å². The minimum atomic E-state index is -0.445. The molecule has 1 aromatic heterocycles. The second-order valence-corrected chi connectivity index (χ2v) is 4.46. The van der Waals surface area contributed by atoms with Gasteiger partial charge in [0.05, 0.1) is 19.8 Å². The number of hydroxylamine groups is 2. The summed E-state index contributed by atoms with van der Waals surface area (Å²) in [5.41, 5.74) is 0. The van der Waals surface area contributed by atoms with Gasteiger partial charge in [-0.1, -0.05) is 6.07 Å². The molecule has 16 heavy (non-hydrogen) atoms. The lowest BCUT2D eigenvalue weighted by molar-refractivity contribution is -0.0691. The van der Waals surface area contributed by atoms with Crippen LogP contribution in [0.2, 0.25) is 0 Å². The minimum absolute atomic E-state index is 0.169. The molecule has 1 N–H and O–H groups in total. The van der Waals surface area contributed by atoms with E-state index in [4.69, 9.17) is 4.74 Å². The Hall–Kier alpha value is -1.11. The Balaban J connectivity index is 2.13. The van der Waals surface area contributed by atoms with E-state index in [0.717, 1.165) is 4.88 Å². The van der Waals surface area contributed by atoms with Crippen molar-refractivity contribution in [3.8, 4) is 0 Å². The van der Waals surface area contributed by atoms with Gasteiger partial charge in [-0.3, -0.25) is 5.21 Å². The van der Waals surface area contributed by atoms with Crippen LogP contribution in [0, 0.1) is 0 Å². The molecule has 0 bridgehead atoms. The van der Waals surface area contributed by atoms with Gasteiger partial charge >= 0.3 is 6.03 Å². The van der Waals surface area contributed by atoms with Crippen molar-refractivity contribution < 1.29 is 14.7 Å². The molecular weight excluding hydrogens is 228 g/mol. The summed E-state index contributed by atoms with van der Waals surface area (Å²) >= 11 is 1.62. The SMILES string of the molecule is CN(C)C(=O)N(O)CCOCc1cccs1. The molecule has 0 spiro atoms. The average Bonchev–Trinajstić information content (AvgIpc) is 2.75. The predicted octanol–water partition coefficient (Wildman–Crippen LogP) is 1.64. The number of nitrogens with zero attached hydrogens (tertiary/aromatic N) is 2. The number of carbonyl (C=O) groups excluding carboxylic acids is 1. The zero-order chi connectivity index (χ0) is 12.0. The quantitative estimate of drug-likeness (QED) is 0.486. The second-order valence-electron chi connectivity index (χ2n) is 3.43. The van der Waals surface area contributed by atoms with Crippen molar-refractivity contribution in [3.63, 3.8) is 0 Å². The van der Waals surface area contributed by atoms with Gasteiger partial charge < -0.3 is 9.64 Å². The highest BCUT2D eigenvalue weighted by molar-refractivity contribution is 7.09. The fraction of sp³-hybridized carbons (Fsp3) is 0.500. The van der Waals surface area contributed by atoms with Crippen LogP contribution in [-0.4, -0.2) is 48.4 Å². The first-order valence-electron chi connectivity index (χ1n) is 4.89. The smallest absolute Gasteiger partial charge is 0.343 e. The Bertz CT molecular complexity index is 314. The largest absolute Gasteiger partial charge is 0.374 e. The fourth-order valence-corrected chi connectivity index (χ4v) is 1.69. The first-order valence-corrected chi connectivity index (χ1v) is 5.77. The topological polar surface area (TPSA) is 53.0 Å². The molecule has 6 heteroatoms. The van der Waals surface area contributed by atoms with E-state index in [0.29, 0.717) is 18.3 Å². The zero-order valence-corrected chi connectivity index (χ0v) is 10.2. The number of hydrogen-bond acceptors (Lipinski definition) is 4. The lowest BCUT2D eigenvalue weighted by Crippen LogP contribution is -2.38. The lowest BCUT2D eigenvalue weighted by atomic mass is 10.5. The van der Waals surface area contributed by atoms with Crippen molar-refractivity contribution >= 4 is 17.4 Å². The summed E-state index contributed by atoms with van der Waals surface area (Å²) in [6.07, 6.45) is 0. The molecule has 0 radical (unpaired) electrons. The number of thiophene rings is 1. The normalized spacial score (nSPS) is 10.2. The van der Waals surface area contributed by atoms with Gasteiger partial charge in [0.2, 0.25) is 0 Å². The van der Waals surface area contributed by atoms with Crippen LogP contribution in [0.3, 0.4) is 0 Å². The molecule has 0 aliphatic rings. The number of ether oxygens (including phenoxy) is 1. The van der Waals surface area contributed by atoms with Crippen LogP contribution < -0.4 is 0 Å². The highest BCUT2D eigenvalue weighted by atomic mass is 32.1. The molecule has 90 valence electrons. The molecule has 0 aliphatic heterocycles. The Morgan fingerprint density at radius 2 is 2.31 bits per heavy atom. The van der Waals surface area contributed by atoms with Gasteiger partial charge in [-0.25, -0.2) is 9.86 Å². The van der Waals surface area contributed by atoms with Gasteiger partial charge in [0.15, 0.2) is 0 Å². The molecule has 5 nitrogen and oxygen atoms in total. The van der Waals surface area contributed by atoms with E-state index in [2.05, 4.69) is 0 Å². The van der Waals surface area contributed by atoms with E-state index in [1.807, 2.05) is 17.5 Å². The zero-order valence-electron chi connectivity index (χ0n) is 9.42. The third-order valence-corrected chi connectivity index (χ3v) is 2.73. The molecule has 0 atom stereocenters.